The number of thiophene rings is 1. The van der Waals surface area contributed by atoms with Gasteiger partial charge in [0.05, 0.1) is 21.7 Å². The van der Waals surface area contributed by atoms with Gasteiger partial charge in [-0.3, -0.25) is 5.43 Å². The Morgan fingerprint density at radius 1 is 1.10 bits per heavy atom. The molecule has 0 amide bonds. The fourth-order valence-corrected chi connectivity index (χ4v) is 3.91. The lowest BCUT2D eigenvalue weighted by molar-refractivity contribution is 0.0697. The number of aromatic hydroxyl groups is 1. The molecule has 0 saturated carbocycles. The Bertz CT molecular complexity index is 1140. The van der Waals surface area contributed by atoms with Crippen LogP contribution in [0, 0.1) is 13.8 Å². The van der Waals surface area contributed by atoms with E-state index in [9.17, 15) is 9.90 Å². The molecule has 2 aromatic carbocycles. The number of rotatable bonds is 5. The van der Waals surface area contributed by atoms with E-state index in [0.717, 1.165) is 10.4 Å². The minimum atomic E-state index is -0.988. The van der Waals surface area contributed by atoms with E-state index in [-0.39, 0.29) is 16.4 Å². The molecule has 3 aromatic rings. The normalized spacial score (nSPS) is 11.2. The molecule has 0 radical (unpaired) electrons. The third-order valence-corrected chi connectivity index (χ3v) is 5.85. The molecule has 0 aliphatic heterocycles. The summed E-state index contributed by atoms with van der Waals surface area (Å²) in [6, 6.07) is 12.3. The molecule has 1 heterocycles. The molecular formula is C22H21N3O3S2. The maximum absolute atomic E-state index is 10.9. The number of carboxylic acids is 1. The summed E-state index contributed by atoms with van der Waals surface area (Å²) in [6.07, 6.45) is 0. The van der Waals surface area contributed by atoms with Crippen LogP contribution in [0.1, 0.15) is 34.0 Å². The summed E-state index contributed by atoms with van der Waals surface area (Å²) >= 11 is 6.68. The van der Waals surface area contributed by atoms with Gasteiger partial charge >= 0.3 is 5.97 Å². The molecule has 0 atom stereocenters. The Hall–Kier alpha value is -3.23. The van der Waals surface area contributed by atoms with E-state index in [1.807, 2.05) is 24.4 Å². The third kappa shape index (κ3) is 4.84. The number of thiocarbonyl (C=S) groups is 1. The van der Waals surface area contributed by atoms with Crippen molar-refractivity contribution in [1.29, 1.82) is 0 Å². The molecule has 3 rings (SSSR count). The van der Waals surface area contributed by atoms with E-state index in [1.54, 1.807) is 19.1 Å². The fraction of sp³-hybridized carbons (Fsp3) is 0.136. The zero-order chi connectivity index (χ0) is 21.8. The van der Waals surface area contributed by atoms with Crippen LogP contribution in [0.5, 0.6) is 5.75 Å². The van der Waals surface area contributed by atoms with Crippen LogP contribution in [0.2, 0.25) is 0 Å². The molecular weight excluding hydrogens is 418 g/mol. The molecule has 0 bridgehead atoms. The first-order valence-corrected chi connectivity index (χ1v) is 10.4. The zero-order valence-electron chi connectivity index (χ0n) is 16.7. The van der Waals surface area contributed by atoms with Crippen molar-refractivity contribution in [2.24, 2.45) is 5.10 Å². The maximum Gasteiger partial charge on any atom is 0.335 e. The average molecular weight is 440 g/mol. The average Bonchev–Trinajstić information content (AvgIpc) is 3.10. The van der Waals surface area contributed by atoms with Crippen LogP contribution in [0.4, 0.5) is 5.69 Å². The number of carboxylic acid groups (broad SMARTS) is 1. The van der Waals surface area contributed by atoms with Crippen molar-refractivity contribution in [3.63, 3.8) is 0 Å². The summed E-state index contributed by atoms with van der Waals surface area (Å²) < 4.78 is 0. The first kappa shape index (κ1) is 21.5. The largest absolute Gasteiger partial charge is 0.506 e. The number of anilines is 1. The van der Waals surface area contributed by atoms with Crippen LogP contribution < -0.4 is 10.7 Å². The highest BCUT2D eigenvalue weighted by molar-refractivity contribution is 7.80. The van der Waals surface area contributed by atoms with Crippen molar-refractivity contribution in [2.45, 2.75) is 20.8 Å². The third-order valence-electron chi connectivity index (χ3n) is 4.64. The lowest BCUT2D eigenvalue weighted by Gasteiger charge is -2.08. The number of hydrazone groups is 1. The van der Waals surface area contributed by atoms with E-state index in [0.29, 0.717) is 17.0 Å². The number of hydrogen-bond donors (Lipinski definition) is 4. The van der Waals surface area contributed by atoms with Gasteiger partial charge in [0.25, 0.3) is 0 Å². The van der Waals surface area contributed by atoms with Gasteiger partial charge in [0, 0.05) is 11.1 Å². The highest BCUT2D eigenvalue weighted by Gasteiger charge is 2.15. The lowest BCUT2D eigenvalue weighted by Crippen LogP contribution is -2.24. The molecule has 4 N–H and O–H groups in total. The number of aryl methyl sites for hydroxylation is 2. The first-order valence-electron chi connectivity index (χ1n) is 9.09. The van der Waals surface area contributed by atoms with Crippen LogP contribution in [0.3, 0.4) is 0 Å². The van der Waals surface area contributed by atoms with Crippen molar-refractivity contribution in [2.75, 3.05) is 5.32 Å². The van der Waals surface area contributed by atoms with E-state index < -0.39 is 5.97 Å². The number of carbonyl (C=O) groups is 1. The predicted octanol–water partition coefficient (Wildman–Crippen LogP) is 5.15. The van der Waals surface area contributed by atoms with Crippen molar-refractivity contribution < 1.29 is 15.0 Å². The summed E-state index contributed by atoms with van der Waals surface area (Å²) in [5, 5.41) is 28.9. The minimum Gasteiger partial charge on any atom is -0.506 e. The Balaban J connectivity index is 1.69. The SMILES string of the molecule is C/C(=N\NC(=S)Nc1ccc(C(=O)O)cc1)c1csc(-c2ccc(C)c(C)c2)c1O. The van der Waals surface area contributed by atoms with Crippen LogP contribution in [0.15, 0.2) is 52.9 Å². The molecule has 0 fully saturated rings. The number of nitrogens with zero attached hydrogens (tertiary/aromatic N) is 1. The van der Waals surface area contributed by atoms with Crippen LogP contribution in [0.25, 0.3) is 10.4 Å². The maximum atomic E-state index is 10.9. The van der Waals surface area contributed by atoms with Crippen molar-refractivity contribution >= 4 is 46.0 Å². The number of aromatic carboxylic acids is 1. The van der Waals surface area contributed by atoms with Crippen molar-refractivity contribution in [3.8, 4) is 16.2 Å². The highest BCUT2D eigenvalue weighted by Crippen LogP contribution is 2.39. The number of benzene rings is 2. The second-order valence-electron chi connectivity index (χ2n) is 6.77. The van der Waals surface area contributed by atoms with Crippen LogP contribution in [-0.2, 0) is 0 Å². The molecule has 6 nitrogen and oxygen atoms in total. The Labute approximate surface area is 183 Å². The summed E-state index contributed by atoms with van der Waals surface area (Å²) in [4.78, 5) is 11.7. The summed E-state index contributed by atoms with van der Waals surface area (Å²) in [7, 11) is 0. The molecule has 8 heteroatoms. The van der Waals surface area contributed by atoms with Gasteiger partial charge in [0.15, 0.2) is 5.11 Å². The monoisotopic (exact) mass is 439 g/mol. The van der Waals surface area contributed by atoms with E-state index in [4.69, 9.17) is 17.3 Å². The second-order valence-corrected chi connectivity index (χ2v) is 8.06. The topological polar surface area (TPSA) is 94.0 Å². The Morgan fingerprint density at radius 2 is 1.80 bits per heavy atom. The Kier molecular flexibility index (Phi) is 6.49. The lowest BCUT2D eigenvalue weighted by atomic mass is 10.0. The summed E-state index contributed by atoms with van der Waals surface area (Å²) in [5.74, 6) is -0.798. The van der Waals surface area contributed by atoms with Gasteiger partial charge in [-0.15, -0.1) is 11.3 Å². The number of hydrogen-bond acceptors (Lipinski definition) is 5. The van der Waals surface area contributed by atoms with E-state index in [1.165, 1.54) is 34.6 Å². The van der Waals surface area contributed by atoms with Gasteiger partial charge in [-0.2, -0.15) is 5.10 Å². The smallest absolute Gasteiger partial charge is 0.335 e. The molecule has 30 heavy (non-hydrogen) atoms. The summed E-state index contributed by atoms with van der Waals surface area (Å²) in [5.41, 5.74) is 8.14. The van der Waals surface area contributed by atoms with Crippen molar-refractivity contribution in [1.82, 2.24) is 5.43 Å². The summed E-state index contributed by atoms with van der Waals surface area (Å²) in [6.45, 7) is 5.88. The van der Waals surface area contributed by atoms with Gasteiger partial charge < -0.3 is 15.5 Å². The zero-order valence-corrected chi connectivity index (χ0v) is 18.3. The molecule has 0 aliphatic carbocycles. The molecule has 0 spiro atoms. The van der Waals surface area contributed by atoms with E-state index in [2.05, 4.69) is 28.8 Å². The van der Waals surface area contributed by atoms with E-state index >= 15 is 0 Å². The molecule has 0 unspecified atom stereocenters. The molecule has 0 aliphatic rings. The van der Waals surface area contributed by atoms with Gasteiger partial charge in [-0.1, -0.05) is 18.2 Å². The molecule has 0 saturated heterocycles. The highest BCUT2D eigenvalue weighted by atomic mass is 32.1. The van der Waals surface area contributed by atoms with Crippen LogP contribution in [-0.4, -0.2) is 27.0 Å². The second kappa shape index (κ2) is 9.06. The van der Waals surface area contributed by atoms with Gasteiger partial charge in [0.1, 0.15) is 5.75 Å². The van der Waals surface area contributed by atoms with Crippen molar-refractivity contribution in [3.05, 3.63) is 70.1 Å². The van der Waals surface area contributed by atoms with Gasteiger partial charge in [0.2, 0.25) is 0 Å². The molecule has 154 valence electrons. The predicted molar refractivity (Wildman–Crippen MR) is 126 cm³/mol. The molecule has 1 aromatic heterocycles. The standard InChI is InChI=1S/C22H21N3O3S2/c1-12-4-5-16(10-13(12)2)20-19(26)18(11-30-20)14(3)24-25-22(29)23-17-8-6-15(7-9-17)21(27)28/h4-11,26H,1-3H3,(H,27,28)(H2,23,25,29)/b24-14+. The quantitative estimate of drug-likeness (QED) is 0.250. The van der Waals surface area contributed by atoms with Gasteiger partial charge in [-0.05, 0) is 73.9 Å². The fourth-order valence-electron chi connectivity index (χ4n) is 2.75. The number of nitrogens with one attached hydrogen (secondary N) is 2. The Morgan fingerprint density at radius 3 is 2.43 bits per heavy atom. The minimum absolute atomic E-state index is 0.189. The first-order chi connectivity index (χ1) is 14.3. The van der Waals surface area contributed by atoms with Gasteiger partial charge in [-0.25, -0.2) is 4.79 Å². The van der Waals surface area contributed by atoms with Crippen LogP contribution >= 0.6 is 23.6 Å².